The van der Waals surface area contributed by atoms with Crippen LogP contribution in [-0.4, -0.2) is 13.7 Å². The number of para-hydroxylation sites is 1. The first kappa shape index (κ1) is 15.4. The molecule has 1 unspecified atom stereocenters. The normalized spacial score (nSPS) is 12.2. The molecule has 0 spiro atoms. The van der Waals surface area contributed by atoms with E-state index in [0.29, 0.717) is 12.5 Å². The topological polar surface area (TPSA) is 44.5 Å². The number of hydrogen-bond donors (Lipinski definition) is 1. The van der Waals surface area contributed by atoms with Gasteiger partial charge in [-0.15, -0.1) is 0 Å². The fourth-order valence-electron chi connectivity index (χ4n) is 2.21. The molecule has 2 aromatic rings. The second-order valence-electron chi connectivity index (χ2n) is 5.39. The number of benzene rings is 2. The van der Waals surface area contributed by atoms with Crippen LogP contribution in [0.1, 0.15) is 36.9 Å². The standard InChI is InChI=1S/C18H23NO2/c1-13(2)14-7-6-8-15(11-14)21-12-17(19)16-9-4-5-10-18(16)20-3/h4-11,13,17H,12,19H2,1-3H3. The monoisotopic (exact) mass is 285 g/mol. The Bertz CT molecular complexity index is 581. The van der Waals surface area contributed by atoms with Crippen LogP contribution in [0, 0.1) is 0 Å². The first-order chi connectivity index (χ1) is 10.1. The molecular weight excluding hydrogens is 262 g/mol. The molecule has 0 aliphatic carbocycles. The van der Waals surface area contributed by atoms with Gasteiger partial charge in [-0.1, -0.05) is 44.2 Å². The van der Waals surface area contributed by atoms with Crippen molar-refractivity contribution >= 4 is 0 Å². The van der Waals surface area contributed by atoms with Crippen LogP contribution in [0.5, 0.6) is 11.5 Å². The maximum absolute atomic E-state index is 6.21. The Hall–Kier alpha value is -2.00. The Balaban J connectivity index is 2.04. The molecule has 0 heterocycles. The molecule has 0 fully saturated rings. The molecule has 2 rings (SSSR count). The summed E-state index contributed by atoms with van der Waals surface area (Å²) in [5.74, 6) is 2.13. The quantitative estimate of drug-likeness (QED) is 0.875. The minimum absolute atomic E-state index is 0.219. The summed E-state index contributed by atoms with van der Waals surface area (Å²) in [5, 5.41) is 0. The first-order valence-corrected chi connectivity index (χ1v) is 7.23. The molecule has 0 radical (unpaired) electrons. The fraction of sp³-hybridized carbons (Fsp3) is 0.333. The van der Waals surface area contributed by atoms with Crippen LogP contribution in [0.3, 0.4) is 0 Å². The van der Waals surface area contributed by atoms with Crippen molar-refractivity contribution in [2.45, 2.75) is 25.8 Å². The molecule has 2 N–H and O–H groups in total. The summed E-state index contributed by atoms with van der Waals surface area (Å²) >= 11 is 0. The number of ether oxygens (including phenoxy) is 2. The van der Waals surface area contributed by atoms with E-state index in [4.69, 9.17) is 15.2 Å². The van der Waals surface area contributed by atoms with Gasteiger partial charge in [0.1, 0.15) is 18.1 Å². The number of methoxy groups -OCH3 is 1. The zero-order valence-corrected chi connectivity index (χ0v) is 12.9. The summed E-state index contributed by atoms with van der Waals surface area (Å²) in [4.78, 5) is 0. The molecule has 3 nitrogen and oxygen atoms in total. The van der Waals surface area contributed by atoms with Gasteiger partial charge in [-0.2, -0.15) is 0 Å². The minimum atomic E-state index is -0.219. The average Bonchev–Trinajstić information content (AvgIpc) is 2.52. The van der Waals surface area contributed by atoms with E-state index >= 15 is 0 Å². The molecular formula is C18H23NO2. The highest BCUT2D eigenvalue weighted by Gasteiger charge is 2.12. The molecule has 0 saturated carbocycles. The second kappa shape index (κ2) is 7.14. The van der Waals surface area contributed by atoms with Gasteiger partial charge in [0.15, 0.2) is 0 Å². The van der Waals surface area contributed by atoms with E-state index in [1.54, 1.807) is 7.11 Å². The van der Waals surface area contributed by atoms with Gasteiger partial charge in [0.25, 0.3) is 0 Å². The van der Waals surface area contributed by atoms with Crippen molar-refractivity contribution in [3.63, 3.8) is 0 Å². The Labute approximate surface area is 126 Å². The third kappa shape index (κ3) is 3.99. The lowest BCUT2D eigenvalue weighted by atomic mass is 10.0. The molecule has 2 aromatic carbocycles. The van der Waals surface area contributed by atoms with E-state index in [9.17, 15) is 0 Å². The lowest BCUT2D eigenvalue weighted by molar-refractivity contribution is 0.286. The zero-order chi connectivity index (χ0) is 15.2. The summed E-state index contributed by atoms with van der Waals surface area (Å²) < 4.78 is 11.2. The van der Waals surface area contributed by atoms with Crippen molar-refractivity contribution < 1.29 is 9.47 Å². The highest BCUT2D eigenvalue weighted by atomic mass is 16.5. The van der Waals surface area contributed by atoms with Gasteiger partial charge in [0, 0.05) is 5.56 Å². The fourth-order valence-corrected chi connectivity index (χ4v) is 2.21. The van der Waals surface area contributed by atoms with Gasteiger partial charge in [0.05, 0.1) is 13.2 Å². The van der Waals surface area contributed by atoms with Crippen LogP contribution >= 0.6 is 0 Å². The Morgan fingerprint density at radius 3 is 2.52 bits per heavy atom. The van der Waals surface area contributed by atoms with Gasteiger partial charge in [-0.05, 0) is 29.7 Å². The maximum Gasteiger partial charge on any atom is 0.123 e. The lowest BCUT2D eigenvalue weighted by Crippen LogP contribution is -2.19. The van der Waals surface area contributed by atoms with E-state index in [1.807, 2.05) is 36.4 Å². The van der Waals surface area contributed by atoms with Gasteiger partial charge in [-0.25, -0.2) is 0 Å². The summed E-state index contributed by atoms with van der Waals surface area (Å²) in [6.07, 6.45) is 0. The Morgan fingerprint density at radius 2 is 1.81 bits per heavy atom. The molecule has 0 aromatic heterocycles. The smallest absolute Gasteiger partial charge is 0.123 e. The van der Waals surface area contributed by atoms with Crippen molar-refractivity contribution in [3.05, 3.63) is 59.7 Å². The summed E-state index contributed by atoms with van der Waals surface area (Å²) in [6.45, 7) is 4.75. The third-order valence-corrected chi connectivity index (χ3v) is 3.49. The summed E-state index contributed by atoms with van der Waals surface area (Å²) in [7, 11) is 1.65. The highest BCUT2D eigenvalue weighted by Crippen LogP contribution is 2.25. The van der Waals surface area contributed by atoms with Crippen molar-refractivity contribution in [2.24, 2.45) is 5.73 Å². The zero-order valence-electron chi connectivity index (χ0n) is 12.9. The summed E-state index contributed by atoms with van der Waals surface area (Å²) in [5.41, 5.74) is 8.43. The van der Waals surface area contributed by atoms with Crippen LogP contribution in [0.2, 0.25) is 0 Å². The molecule has 3 heteroatoms. The van der Waals surface area contributed by atoms with E-state index in [0.717, 1.165) is 17.1 Å². The van der Waals surface area contributed by atoms with Crippen LogP contribution in [-0.2, 0) is 0 Å². The molecule has 0 aliphatic heterocycles. The minimum Gasteiger partial charge on any atom is -0.496 e. The number of hydrogen-bond acceptors (Lipinski definition) is 3. The van der Waals surface area contributed by atoms with Crippen molar-refractivity contribution in [1.82, 2.24) is 0 Å². The van der Waals surface area contributed by atoms with Crippen LogP contribution in [0.15, 0.2) is 48.5 Å². The Kier molecular flexibility index (Phi) is 5.23. The van der Waals surface area contributed by atoms with E-state index in [-0.39, 0.29) is 6.04 Å². The van der Waals surface area contributed by atoms with E-state index in [2.05, 4.69) is 26.0 Å². The van der Waals surface area contributed by atoms with Gasteiger partial charge in [-0.3, -0.25) is 0 Å². The predicted molar refractivity (Wildman–Crippen MR) is 85.9 cm³/mol. The van der Waals surface area contributed by atoms with Gasteiger partial charge >= 0.3 is 0 Å². The number of nitrogens with two attached hydrogens (primary N) is 1. The SMILES string of the molecule is COc1ccccc1C(N)COc1cccc(C(C)C)c1. The largest absolute Gasteiger partial charge is 0.496 e. The maximum atomic E-state index is 6.21. The van der Waals surface area contributed by atoms with E-state index in [1.165, 1.54) is 5.56 Å². The van der Waals surface area contributed by atoms with E-state index < -0.39 is 0 Å². The summed E-state index contributed by atoms with van der Waals surface area (Å²) in [6, 6.07) is 15.7. The molecule has 0 aliphatic rings. The lowest BCUT2D eigenvalue weighted by Gasteiger charge is -2.17. The van der Waals surface area contributed by atoms with Crippen molar-refractivity contribution in [3.8, 4) is 11.5 Å². The first-order valence-electron chi connectivity index (χ1n) is 7.23. The highest BCUT2D eigenvalue weighted by molar-refractivity contribution is 5.36. The second-order valence-corrected chi connectivity index (χ2v) is 5.39. The number of rotatable bonds is 6. The van der Waals surface area contributed by atoms with Gasteiger partial charge < -0.3 is 15.2 Å². The molecule has 21 heavy (non-hydrogen) atoms. The third-order valence-electron chi connectivity index (χ3n) is 3.49. The Morgan fingerprint density at radius 1 is 1.05 bits per heavy atom. The molecule has 0 amide bonds. The molecule has 0 bridgehead atoms. The van der Waals surface area contributed by atoms with Gasteiger partial charge in [0.2, 0.25) is 0 Å². The molecule has 0 saturated heterocycles. The van der Waals surface area contributed by atoms with Crippen molar-refractivity contribution in [2.75, 3.05) is 13.7 Å². The molecule has 1 atom stereocenters. The van der Waals surface area contributed by atoms with Crippen LogP contribution in [0.25, 0.3) is 0 Å². The van der Waals surface area contributed by atoms with Crippen molar-refractivity contribution in [1.29, 1.82) is 0 Å². The van der Waals surface area contributed by atoms with Crippen LogP contribution in [0.4, 0.5) is 0 Å². The molecule has 112 valence electrons. The average molecular weight is 285 g/mol. The van der Waals surface area contributed by atoms with Crippen LogP contribution < -0.4 is 15.2 Å². The predicted octanol–water partition coefficient (Wildman–Crippen LogP) is 3.90.